The van der Waals surface area contributed by atoms with Gasteiger partial charge in [-0.3, -0.25) is 9.79 Å². The van der Waals surface area contributed by atoms with Crippen LogP contribution >= 0.6 is 0 Å². The van der Waals surface area contributed by atoms with Gasteiger partial charge in [0.15, 0.2) is 5.82 Å². The maximum absolute atomic E-state index is 12.7. The van der Waals surface area contributed by atoms with E-state index in [0.717, 1.165) is 22.9 Å². The Kier molecular flexibility index (Phi) is 8.68. The maximum Gasteiger partial charge on any atom is 0.253 e. The monoisotopic (exact) mass is 455 g/mol. The van der Waals surface area contributed by atoms with Crippen molar-refractivity contribution in [2.75, 3.05) is 19.0 Å². The lowest BCUT2D eigenvalue weighted by atomic mass is 10.1. The molecule has 1 amide bonds. The largest absolute Gasteiger partial charge is 0.497 e. The van der Waals surface area contributed by atoms with Gasteiger partial charge < -0.3 is 15.4 Å². The van der Waals surface area contributed by atoms with E-state index in [1.165, 1.54) is 0 Å². The first-order valence-corrected chi connectivity index (χ1v) is 11.1. The van der Waals surface area contributed by atoms with Crippen LogP contribution in [0.3, 0.4) is 0 Å². The summed E-state index contributed by atoms with van der Waals surface area (Å²) in [5, 5.41) is 6.93. The number of rotatable bonds is 10. The van der Waals surface area contributed by atoms with Crippen molar-refractivity contribution in [3.63, 3.8) is 0 Å². The van der Waals surface area contributed by atoms with Crippen LogP contribution in [0.25, 0.3) is 16.5 Å². The van der Waals surface area contributed by atoms with Gasteiger partial charge in [0.05, 0.1) is 23.9 Å². The minimum absolute atomic E-state index is 0.206. The molecule has 0 fully saturated rings. The zero-order valence-corrected chi connectivity index (χ0v) is 19.7. The second kappa shape index (κ2) is 12.1. The molecule has 0 aliphatic carbocycles. The van der Waals surface area contributed by atoms with Gasteiger partial charge in [0.2, 0.25) is 0 Å². The number of allylic oxidation sites excluding steroid dienone is 3. The van der Waals surface area contributed by atoms with E-state index in [9.17, 15) is 4.79 Å². The second-order valence-corrected chi connectivity index (χ2v) is 7.27. The summed E-state index contributed by atoms with van der Waals surface area (Å²) in [5.41, 5.74) is 2.62. The Bertz CT molecular complexity index is 1260. The third-order valence-electron chi connectivity index (χ3n) is 4.84. The van der Waals surface area contributed by atoms with Crippen LogP contribution in [0.4, 0.5) is 11.5 Å². The first-order valence-electron chi connectivity index (χ1n) is 11.1. The van der Waals surface area contributed by atoms with Crippen molar-refractivity contribution in [3.8, 4) is 5.75 Å². The van der Waals surface area contributed by atoms with Gasteiger partial charge in [-0.1, -0.05) is 37.3 Å². The number of nitrogens with zero attached hydrogens (tertiary/aromatic N) is 3. The number of carbonyl (C=O) groups excluding carboxylic acids is 1. The number of hydrogen-bond acceptors (Lipinski definition) is 6. The maximum atomic E-state index is 12.7. The fraction of sp³-hybridized carbons (Fsp3) is 0.185. The van der Waals surface area contributed by atoms with Gasteiger partial charge in [-0.15, -0.1) is 6.58 Å². The predicted molar refractivity (Wildman–Crippen MR) is 140 cm³/mol. The molecule has 2 aromatic carbocycles. The SMILES string of the molecule is C=CCNC(=O)c1ccccc1Nc1nc(C(/C=C/C)=C/N=C\CC)nc2ccc(OC)cc12. The lowest BCUT2D eigenvalue weighted by molar-refractivity contribution is 0.0959. The zero-order valence-electron chi connectivity index (χ0n) is 19.7. The number of carbonyl (C=O) groups is 1. The van der Waals surface area contributed by atoms with E-state index in [-0.39, 0.29) is 5.91 Å². The van der Waals surface area contributed by atoms with E-state index in [4.69, 9.17) is 14.7 Å². The van der Waals surface area contributed by atoms with Crippen molar-refractivity contribution >= 4 is 40.1 Å². The summed E-state index contributed by atoms with van der Waals surface area (Å²) in [6.07, 6.45) is 9.87. The van der Waals surface area contributed by atoms with E-state index < -0.39 is 0 Å². The van der Waals surface area contributed by atoms with Gasteiger partial charge in [-0.05, 0) is 43.7 Å². The molecule has 1 aromatic heterocycles. The first-order chi connectivity index (χ1) is 16.6. The number of aliphatic imine (C=N–C) groups is 1. The number of para-hydroxylation sites is 1. The molecule has 34 heavy (non-hydrogen) atoms. The molecule has 7 heteroatoms. The Morgan fingerprint density at radius 2 is 2.03 bits per heavy atom. The number of amides is 1. The number of anilines is 2. The summed E-state index contributed by atoms with van der Waals surface area (Å²) in [6.45, 7) is 7.99. The van der Waals surface area contributed by atoms with Crippen molar-refractivity contribution in [1.29, 1.82) is 0 Å². The molecule has 2 N–H and O–H groups in total. The van der Waals surface area contributed by atoms with Crippen molar-refractivity contribution in [2.45, 2.75) is 20.3 Å². The van der Waals surface area contributed by atoms with E-state index >= 15 is 0 Å². The molecule has 0 aliphatic heterocycles. The van der Waals surface area contributed by atoms with Crippen LogP contribution in [0.15, 0.2) is 78.5 Å². The average Bonchev–Trinajstić information content (AvgIpc) is 2.86. The minimum atomic E-state index is -0.206. The molecule has 0 saturated heterocycles. The van der Waals surface area contributed by atoms with E-state index in [1.54, 1.807) is 25.5 Å². The quantitative estimate of drug-likeness (QED) is 0.233. The van der Waals surface area contributed by atoms with Crippen molar-refractivity contribution < 1.29 is 9.53 Å². The van der Waals surface area contributed by atoms with Crippen LogP contribution in [-0.4, -0.2) is 35.7 Å². The number of ether oxygens (including phenoxy) is 1. The van der Waals surface area contributed by atoms with Crippen LogP contribution < -0.4 is 15.4 Å². The highest BCUT2D eigenvalue weighted by atomic mass is 16.5. The Morgan fingerprint density at radius 1 is 1.21 bits per heavy atom. The number of hydrogen-bond donors (Lipinski definition) is 2. The topological polar surface area (TPSA) is 88.5 Å². The highest BCUT2D eigenvalue weighted by Gasteiger charge is 2.15. The normalized spacial score (nSPS) is 11.8. The van der Waals surface area contributed by atoms with Crippen LogP contribution in [0, 0.1) is 0 Å². The lowest BCUT2D eigenvalue weighted by Crippen LogP contribution is -2.24. The smallest absolute Gasteiger partial charge is 0.253 e. The molecular weight excluding hydrogens is 426 g/mol. The Morgan fingerprint density at radius 3 is 2.76 bits per heavy atom. The standard InChI is InChI=1S/C27H29N5O2/c1-5-10-19(18-28-15-6-2)25-30-24-14-13-20(34-4)17-22(24)26(32-25)31-23-12-9-8-11-21(23)27(33)29-16-7-3/h5,7-15,17-18H,3,6,16H2,1-2,4H3,(H,29,33)(H,30,31,32)/b10-5+,19-18+,28-15-. The van der Waals surface area contributed by atoms with Crippen molar-refractivity contribution in [2.24, 2.45) is 4.99 Å². The van der Waals surface area contributed by atoms with Gasteiger partial charge in [-0.25, -0.2) is 9.97 Å². The van der Waals surface area contributed by atoms with Crippen LogP contribution in [0.1, 0.15) is 36.5 Å². The molecule has 0 unspecified atom stereocenters. The summed E-state index contributed by atoms with van der Waals surface area (Å²) in [6, 6.07) is 12.9. The zero-order chi connectivity index (χ0) is 24.3. The van der Waals surface area contributed by atoms with E-state index in [0.29, 0.717) is 35.2 Å². The highest BCUT2D eigenvalue weighted by molar-refractivity contribution is 6.02. The van der Waals surface area contributed by atoms with E-state index in [1.807, 2.05) is 68.6 Å². The summed E-state index contributed by atoms with van der Waals surface area (Å²) in [5.74, 6) is 1.54. The molecule has 3 rings (SSSR count). The Hall–Kier alpha value is -4.26. The van der Waals surface area contributed by atoms with Gasteiger partial charge in [-0.2, -0.15) is 0 Å². The second-order valence-electron chi connectivity index (χ2n) is 7.27. The summed E-state index contributed by atoms with van der Waals surface area (Å²) in [7, 11) is 1.61. The molecule has 0 radical (unpaired) electrons. The third kappa shape index (κ3) is 5.95. The molecular formula is C27H29N5O2. The van der Waals surface area contributed by atoms with Crippen LogP contribution in [0.2, 0.25) is 0 Å². The number of fused-ring (bicyclic) bond motifs is 1. The van der Waals surface area contributed by atoms with Gasteiger partial charge in [0, 0.05) is 29.9 Å². The fourth-order valence-electron chi connectivity index (χ4n) is 3.23. The summed E-state index contributed by atoms with van der Waals surface area (Å²) < 4.78 is 5.42. The molecule has 0 aliphatic rings. The molecule has 0 atom stereocenters. The van der Waals surface area contributed by atoms with Gasteiger partial charge in [0.25, 0.3) is 5.91 Å². The molecule has 1 heterocycles. The highest BCUT2D eigenvalue weighted by Crippen LogP contribution is 2.30. The Balaban J connectivity index is 2.16. The van der Waals surface area contributed by atoms with Crippen LogP contribution in [0.5, 0.6) is 5.75 Å². The Labute approximate surface area is 200 Å². The average molecular weight is 456 g/mol. The molecule has 0 spiro atoms. The molecule has 3 aromatic rings. The summed E-state index contributed by atoms with van der Waals surface area (Å²) >= 11 is 0. The molecule has 7 nitrogen and oxygen atoms in total. The molecule has 0 bridgehead atoms. The summed E-state index contributed by atoms with van der Waals surface area (Å²) in [4.78, 5) is 26.6. The molecule has 174 valence electrons. The van der Waals surface area contributed by atoms with E-state index in [2.05, 4.69) is 22.2 Å². The minimum Gasteiger partial charge on any atom is -0.497 e. The van der Waals surface area contributed by atoms with Gasteiger partial charge in [0.1, 0.15) is 11.6 Å². The number of nitrogens with one attached hydrogen (secondary N) is 2. The fourth-order valence-corrected chi connectivity index (χ4v) is 3.23. The van der Waals surface area contributed by atoms with Crippen molar-refractivity contribution in [3.05, 3.63) is 84.9 Å². The molecule has 0 saturated carbocycles. The van der Waals surface area contributed by atoms with Crippen LogP contribution in [-0.2, 0) is 0 Å². The third-order valence-corrected chi connectivity index (χ3v) is 4.84. The predicted octanol–water partition coefficient (Wildman–Crippen LogP) is 5.70. The van der Waals surface area contributed by atoms with Gasteiger partial charge >= 0.3 is 0 Å². The number of benzene rings is 2. The first kappa shape index (κ1) is 24.4. The lowest BCUT2D eigenvalue weighted by Gasteiger charge is -2.15. The number of aromatic nitrogens is 2. The number of methoxy groups -OCH3 is 1. The van der Waals surface area contributed by atoms with Crippen molar-refractivity contribution in [1.82, 2.24) is 15.3 Å².